The molecule has 0 saturated carbocycles. The van der Waals surface area contributed by atoms with Gasteiger partial charge in [-0.25, -0.2) is 0 Å². The second-order valence-corrected chi connectivity index (χ2v) is 5.03. The molecule has 0 aliphatic heterocycles. The number of hydrogen-bond donors (Lipinski definition) is 2. The molecule has 3 N–H and O–H groups in total. The third-order valence-corrected chi connectivity index (χ3v) is 3.00. The summed E-state index contributed by atoms with van der Waals surface area (Å²) in [5.41, 5.74) is 7.20. The van der Waals surface area contributed by atoms with Crippen molar-refractivity contribution >= 4 is 39.9 Å². The van der Waals surface area contributed by atoms with Crippen LogP contribution in [-0.2, 0) is 11.8 Å². The number of nitrogens with one attached hydrogen (secondary N) is 1. The minimum Gasteiger partial charge on any atom is -0.397 e. The molecule has 102 valence electrons. The lowest BCUT2D eigenvalue weighted by molar-refractivity contribution is -0.116. The predicted octanol–water partition coefficient (Wildman–Crippen LogP) is 1.31. The van der Waals surface area contributed by atoms with Gasteiger partial charge in [-0.2, -0.15) is 5.10 Å². The first-order valence-corrected chi connectivity index (χ1v) is 6.13. The number of amides is 1. The number of fused-ring (bicyclic) bond motifs is 1. The number of carbonyl (C=O) groups is 1. The lowest BCUT2D eigenvalue weighted by Crippen LogP contribution is -2.27. The van der Waals surface area contributed by atoms with Crippen molar-refractivity contribution in [2.75, 3.05) is 31.7 Å². The molecule has 1 aromatic carbocycles. The van der Waals surface area contributed by atoms with E-state index in [-0.39, 0.29) is 12.5 Å². The van der Waals surface area contributed by atoms with Crippen LogP contribution in [-0.4, -0.2) is 41.2 Å². The number of halogens is 1. The third-order valence-electron chi connectivity index (χ3n) is 2.69. The van der Waals surface area contributed by atoms with Crippen LogP contribution in [0.2, 0.25) is 5.02 Å². The fraction of sp³-hybridized carbons (Fsp3) is 0.333. The number of anilines is 2. The first kappa shape index (κ1) is 13.6. The molecule has 0 unspecified atom stereocenters. The summed E-state index contributed by atoms with van der Waals surface area (Å²) in [6.07, 6.45) is 0. The highest BCUT2D eigenvalue weighted by molar-refractivity contribution is 6.37. The normalized spacial score (nSPS) is 11.2. The van der Waals surface area contributed by atoms with Crippen molar-refractivity contribution in [3.05, 3.63) is 17.2 Å². The SMILES string of the molecule is CN(C)CC(=O)Nc1nn(C)c2c(N)ccc(Cl)c12. The van der Waals surface area contributed by atoms with Crippen molar-refractivity contribution in [2.24, 2.45) is 7.05 Å². The molecule has 1 aromatic heterocycles. The zero-order chi connectivity index (χ0) is 14.2. The van der Waals surface area contributed by atoms with Crippen LogP contribution >= 0.6 is 11.6 Å². The Balaban J connectivity index is 2.45. The molecule has 0 aliphatic carbocycles. The monoisotopic (exact) mass is 281 g/mol. The molecule has 2 aromatic rings. The summed E-state index contributed by atoms with van der Waals surface area (Å²) < 4.78 is 1.61. The Bertz CT molecular complexity index is 635. The van der Waals surface area contributed by atoms with Crippen LogP contribution in [0, 0.1) is 0 Å². The highest BCUT2D eigenvalue weighted by atomic mass is 35.5. The summed E-state index contributed by atoms with van der Waals surface area (Å²) in [7, 11) is 5.40. The third kappa shape index (κ3) is 2.64. The fourth-order valence-electron chi connectivity index (χ4n) is 1.95. The molecule has 7 heteroatoms. The first-order chi connectivity index (χ1) is 8.90. The van der Waals surface area contributed by atoms with E-state index in [1.807, 2.05) is 14.1 Å². The molecule has 0 fully saturated rings. The maximum absolute atomic E-state index is 11.8. The van der Waals surface area contributed by atoms with Crippen molar-refractivity contribution in [2.45, 2.75) is 0 Å². The summed E-state index contributed by atoms with van der Waals surface area (Å²) in [4.78, 5) is 13.6. The van der Waals surface area contributed by atoms with Gasteiger partial charge in [-0.3, -0.25) is 9.48 Å². The van der Waals surface area contributed by atoms with E-state index in [9.17, 15) is 4.79 Å². The lowest BCUT2D eigenvalue weighted by Gasteiger charge is -2.08. The molecule has 1 heterocycles. The van der Waals surface area contributed by atoms with Crippen molar-refractivity contribution < 1.29 is 4.79 Å². The Kier molecular flexibility index (Phi) is 3.64. The van der Waals surface area contributed by atoms with Crippen molar-refractivity contribution in [1.82, 2.24) is 14.7 Å². The van der Waals surface area contributed by atoms with E-state index in [4.69, 9.17) is 17.3 Å². The van der Waals surface area contributed by atoms with Crippen LogP contribution in [0.15, 0.2) is 12.1 Å². The smallest absolute Gasteiger partial charge is 0.239 e. The molecule has 2 rings (SSSR count). The molecule has 0 radical (unpaired) electrons. The van der Waals surface area contributed by atoms with Crippen LogP contribution < -0.4 is 11.1 Å². The Morgan fingerprint density at radius 2 is 2.21 bits per heavy atom. The predicted molar refractivity (Wildman–Crippen MR) is 77.3 cm³/mol. The van der Waals surface area contributed by atoms with Gasteiger partial charge >= 0.3 is 0 Å². The Morgan fingerprint density at radius 3 is 2.84 bits per heavy atom. The maximum Gasteiger partial charge on any atom is 0.239 e. The van der Waals surface area contributed by atoms with Gasteiger partial charge in [0.05, 0.1) is 28.2 Å². The number of rotatable bonds is 3. The summed E-state index contributed by atoms with van der Waals surface area (Å²) in [6.45, 7) is 0.276. The van der Waals surface area contributed by atoms with Gasteiger partial charge in [-0.15, -0.1) is 0 Å². The second kappa shape index (κ2) is 5.07. The minimum absolute atomic E-state index is 0.150. The van der Waals surface area contributed by atoms with Gasteiger partial charge < -0.3 is 16.0 Å². The number of nitrogens with two attached hydrogens (primary N) is 1. The standard InChI is InChI=1S/C12H16ClN5O/c1-17(2)6-9(19)15-12-10-7(13)4-5-8(14)11(10)18(3)16-12/h4-5H,6,14H2,1-3H3,(H,15,16,19). The number of aromatic nitrogens is 2. The Labute approximate surface area is 116 Å². The lowest BCUT2D eigenvalue weighted by atomic mass is 10.2. The molecule has 1 amide bonds. The zero-order valence-electron chi connectivity index (χ0n) is 11.1. The highest BCUT2D eigenvalue weighted by Gasteiger charge is 2.16. The van der Waals surface area contributed by atoms with Gasteiger partial charge in [-0.1, -0.05) is 11.6 Å². The fourth-order valence-corrected chi connectivity index (χ4v) is 2.19. The van der Waals surface area contributed by atoms with Crippen LogP contribution in [0.3, 0.4) is 0 Å². The number of aryl methyl sites for hydroxylation is 1. The number of likely N-dealkylation sites (N-methyl/N-ethyl adjacent to an activating group) is 1. The number of hydrogen-bond acceptors (Lipinski definition) is 4. The van der Waals surface area contributed by atoms with E-state index in [1.165, 1.54) is 0 Å². The largest absolute Gasteiger partial charge is 0.397 e. The zero-order valence-corrected chi connectivity index (χ0v) is 11.8. The average Bonchev–Trinajstić information content (AvgIpc) is 2.61. The van der Waals surface area contributed by atoms with Crippen molar-refractivity contribution in [1.29, 1.82) is 0 Å². The first-order valence-electron chi connectivity index (χ1n) is 5.75. The molecular weight excluding hydrogens is 266 g/mol. The van der Waals surface area contributed by atoms with E-state index >= 15 is 0 Å². The van der Waals surface area contributed by atoms with Crippen LogP contribution in [0.5, 0.6) is 0 Å². The summed E-state index contributed by atoms with van der Waals surface area (Å²) in [5.74, 6) is 0.283. The molecular formula is C12H16ClN5O. The Hall–Kier alpha value is -1.79. The van der Waals surface area contributed by atoms with Crippen molar-refractivity contribution in [3.8, 4) is 0 Å². The summed E-state index contributed by atoms with van der Waals surface area (Å²) in [5, 5.41) is 8.19. The van der Waals surface area contributed by atoms with Crippen LogP contribution in [0.25, 0.3) is 10.9 Å². The molecule has 0 aliphatic rings. The second-order valence-electron chi connectivity index (χ2n) is 4.62. The molecule has 19 heavy (non-hydrogen) atoms. The quantitative estimate of drug-likeness (QED) is 0.832. The van der Waals surface area contributed by atoms with Crippen molar-refractivity contribution in [3.63, 3.8) is 0 Å². The van der Waals surface area contributed by atoms with Gasteiger partial charge in [0.1, 0.15) is 0 Å². The Morgan fingerprint density at radius 1 is 1.53 bits per heavy atom. The van der Waals surface area contributed by atoms with Gasteiger partial charge in [0.2, 0.25) is 5.91 Å². The number of nitrogen functional groups attached to an aromatic ring is 1. The topological polar surface area (TPSA) is 76.2 Å². The van der Waals surface area contributed by atoms with E-state index in [0.717, 1.165) is 0 Å². The van der Waals surface area contributed by atoms with Crippen LogP contribution in [0.1, 0.15) is 0 Å². The average molecular weight is 282 g/mol. The summed E-state index contributed by atoms with van der Waals surface area (Å²) >= 11 is 6.17. The number of nitrogens with zero attached hydrogens (tertiary/aromatic N) is 3. The van der Waals surface area contributed by atoms with Gasteiger partial charge in [0, 0.05) is 7.05 Å². The molecule has 0 atom stereocenters. The molecule has 0 spiro atoms. The molecule has 6 nitrogen and oxygen atoms in total. The molecule has 0 saturated heterocycles. The van der Waals surface area contributed by atoms with E-state index < -0.39 is 0 Å². The highest BCUT2D eigenvalue weighted by Crippen LogP contribution is 2.33. The maximum atomic E-state index is 11.8. The van der Waals surface area contributed by atoms with E-state index in [1.54, 1.807) is 28.8 Å². The number of carbonyl (C=O) groups excluding carboxylic acids is 1. The number of benzene rings is 1. The van der Waals surface area contributed by atoms with E-state index in [2.05, 4.69) is 10.4 Å². The van der Waals surface area contributed by atoms with Gasteiger partial charge in [0.25, 0.3) is 0 Å². The van der Waals surface area contributed by atoms with Gasteiger partial charge in [0.15, 0.2) is 5.82 Å². The molecule has 0 bridgehead atoms. The minimum atomic E-state index is -0.150. The van der Waals surface area contributed by atoms with E-state index in [0.29, 0.717) is 27.4 Å². The summed E-state index contributed by atoms with van der Waals surface area (Å²) in [6, 6.07) is 3.42. The van der Waals surface area contributed by atoms with Crippen LogP contribution in [0.4, 0.5) is 11.5 Å². The van der Waals surface area contributed by atoms with Gasteiger partial charge in [-0.05, 0) is 26.2 Å².